The summed E-state index contributed by atoms with van der Waals surface area (Å²) in [7, 11) is 0. The van der Waals surface area contributed by atoms with E-state index in [0.29, 0.717) is 0 Å². The molecular weight excluding hydrogens is 336 g/mol. The van der Waals surface area contributed by atoms with Gasteiger partial charge in [-0.1, -0.05) is 108 Å². The van der Waals surface area contributed by atoms with Crippen LogP contribution in [0.15, 0.2) is 30.3 Å². The molecule has 1 aromatic carbocycles. The first-order chi connectivity index (χ1) is 13.9. The molecule has 0 heterocycles. The van der Waals surface area contributed by atoms with Crippen molar-refractivity contribution in [3.63, 3.8) is 0 Å². The fourth-order valence-corrected chi connectivity index (χ4v) is 6.16. The van der Waals surface area contributed by atoms with Crippen molar-refractivity contribution in [1.82, 2.24) is 0 Å². The molecule has 3 rings (SSSR count). The summed E-state index contributed by atoms with van der Waals surface area (Å²) >= 11 is 0. The Kier molecular flexibility index (Phi) is 9.95. The van der Waals surface area contributed by atoms with Crippen LogP contribution in [0.4, 0.5) is 0 Å². The number of unbranched alkanes of at least 4 members (excludes halogenated alkanes) is 7. The second kappa shape index (κ2) is 12.7. The Labute approximate surface area is 175 Å². The van der Waals surface area contributed by atoms with Gasteiger partial charge in [-0.3, -0.25) is 0 Å². The van der Waals surface area contributed by atoms with Crippen LogP contribution in [0, 0.1) is 17.8 Å². The number of rotatable bonds is 11. The quantitative estimate of drug-likeness (QED) is 0.334. The predicted octanol–water partition coefficient (Wildman–Crippen LogP) is 9.30. The monoisotopic (exact) mass is 382 g/mol. The minimum atomic E-state index is 0.843. The van der Waals surface area contributed by atoms with E-state index in [1.807, 2.05) is 0 Å². The first-order valence-electron chi connectivity index (χ1n) is 12.9. The molecule has 0 bridgehead atoms. The van der Waals surface area contributed by atoms with Gasteiger partial charge >= 0.3 is 0 Å². The Balaban J connectivity index is 1.24. The third kappa shape index (κ3) is 7.23. The first-order valence-corrected chi connectivity index (χ1v) is 12.9. The fraction of sp³-hybridized carbons (Fsp3) is 0.786. The summed E-state index contributed by atoms with van der Waals surface area (Å²) < 4.78 is 0. The number of hydrogen-bond acceptors (Lipinski definition) is 0. The van der Waals surface area contributed by atoms with Crippen molar-refractivity contribution in [3.05, 3.63) is 35.9 Å². The molecular formula is C28H46. The van der Waals surface area contributed by atoms with Crippen LogP contribution in [0.2, 0.25) is 0 Å². The van der Waals surface area contributed by atoms with E-state index in [0.717, 1.165) is 23.7 Å². The number of benzene rings is 1. The van der Waals surface area contributed by atoms with E-state index in [1.54, 1.807) is 31.2 Å². The average molecular weight is 383 g/mol. The van der Waals surface area contributed by atoms with Crippen molar-refractivity contribution < 1.29 is 0 Å². The van der Waals surface area contributed by atoms with E-state index >= 15 is 0 Å². The zero-order valence-electron chi connectivity index (χ0n) is 18.7. The Bertz CT molecular complexity index is 488. The van der Waals surface area contributed by atoms with Crippen LogP contribution in [0.5, 0.6) is 0 Å². The van der Waals surface area contributed by atoms with Gasteiger partial charge in [-0.25, -0.2) is 0 Å². The maximum absolute atomic E-state index is 2.35. The summed E-state index contributed by atoms with van der Waals surface area (Å²) in [5.74, 6) is 4.02. The molecule has 0 saturated heterocycles. The van der Waals surface area contributed by atoms with Gasteiger partial charge in [-0.05, 0) is 67.8 Å². The summed E-state index contributed by atoms with van der Waals surface area (Å²) in [4.78, 5) is 0. The van der Waals surface area contributed by atoms with Crippen molar-refractivity contribution >= 4 is 0 Å². The Morgan fingerprint density at radius 1 is 0.607 bits per heavy atom. The van der Waals surface area contributed by atoms with Crippen LogP contribution < -0.4 is 0 Å². The van der Waals surface area contributed by atoms with E-state index in [2.05, 4.69) is 37.3 Å². The maximum atomic E-state index is 2.35. The molecule has 0 unspecified atom stereocenters. The van der Waals surface area contributed by atoms with Crippen molar-refractivity contribution in [3.8, 4) is 0 Å². The molecule has 0 heteroatoms. The second-order valence-corrected chi connectivity index (χ2v) is 10.1. The van der Waals surface area contributed by atoms with Gasteiger partial charge in [-0.15, -0.1) is 0 Å². The zero-order valence-corrected chi connectivity index (χ0v) is 18.7. The van der Waals surface area contributed by atoms with Gasteiger partial charge in [0.1, 0.15) is 0 Å². The summed E-state index contributed by atoms with van der Waals surface area (Å²) in [6.45, 7) is 2.31. The molecule has 28 heavy (non-hydrogen) atoms. The molecule has 0 nitrogen and oxygen atoms in total. The normalized spacial score (nSPS) is 28.3. The van der Waals surface area contributed by atoms with Crippen LogP contribution in [-0.2, 0) is 0 Å². The highest BCUT2D eigenvalue weighted by Crippen LogP contribution is 2.44. The van der Waals surface area contributed by atoms with Gasteiger partial charge < -0.3 is 0 Å². The summed E-state index contributed by atoms with van der Waals surface area (Å²) in [6.07, 6.45) is 25.3. The minimum absolute atomic E-state index is 0.843. The standard InChI is InChI=1S/C28H46/c1-2-3-4-5-6-7-8-10-13-24-16-18-26(19-17-24)28-22-20-27(21-23-28)25-14-11-9-12-15-25/h9,11-12,14-15,24,26-28H,2-8,10,13,16-23H2,1H3. The van der Waals surface area contributed by atoms with Crippen molar-refractivity contribution in [2.45, 2.75) is 122 Å². The van der Waals surface area contributed by atoms with Crippen molar-refractivity contribution in [1.29, 1.82) is 0 Å². The molecule has 0 atom stereocenters. The van der Waals surface area contributed by atoms with Gasteiger partial charge in [0, 0.05) is 0 Å². The Hall–Kier alpha value is -0.780. The molecule has 0 radical (unpaired) electrons. The highest BCUT2D eigenvalue weighted by atomic mass is 14.4. The number of hydrogen-bond donors (Lipinski definition) is 0. The lowest BCUT2D eigenvalue weighted by molar-refractivity contribution is 0.155. The predicted molar refractivity (Wildman–Crippen MR) is 124 cm³/mol. The lowest BCUT2D eigenvalue weighted by atomic mass is 9.68. The molecule has 2 aliphatic rings. The molecule has 2 aliphatic carbocycles. The van der Waals surface area contributed by atoms with Gasteiger partial charge in [-0.2, -0.15) is 0 Å². The van der Waals surface area contributed by atoms with Crippen LogP contribution in [0.3, 0.4) is 0 Å². The molecule has 0 amide bonds. The average Bonchev–Trinajstić information content (AvgIpc) is 2.77. The Morgan fingerprint density at radius 2 is 1.14 bits per heavy atom. The molecule has 158 valence electrons. The van der Waals surface area contributed by atoms with E-state index in [9.17, 15) is 0 Å². The lowest BCUT2D eigenvalue weighted by Gasteiger charge is -2.38. The summed E-state index contributed by atoms with van der Waals surface area (Å²) in [5.41, 5.74) is 1.59. The van der Waals surface area contributed by atoms with Crippen LogP contribution in [0.25, 0.3) is 0 Å². The molecule has 0 aromatic heterocycles. The van der Waals surface area contributed by atoms with E-state index in [-0.39, 0.29) is 0 Å². The van der Waals surface area contributed by atoms with Crippen LogP contribution >= 0.6 is 0 Å². The zero-order chi connectivity index (χ0) is 19.4. The van der Waals surface area contributed by atoms with E-state index in [4.69, 9.17) is 0 Å². The van der Waals surface area contributed by atoms with E-state index in [1.165, 1.54) is 83.5 Å². The third-order valence-corrected chi connectivity index (χ3v) is 8.07. The topological polar surface area (TPSA) is 0 Å². The maximum Gasteiger partial charge on any atom is -0.0162 e. The van der Waals surface area contributed by atoms with Gasteiger partial charge in [0.15, 0.2) is 0 Å². The van der Waals surface area contributed by atoms with Gasteiger partial charge in [0.2, 0.25) is 0 Å². The first kappa shape index (κ1) is 21.9. The molecule has 2 fully saturated rings. The Morgan fingerprint density at radius 3 is 1.75 bits per heavy atom. The molecule has 0 aliphatic heterocycles. The van der Waals surface area contributed by atoms with Crippen molar-refractivity contribution in [2.75, 3.05) is 0 Å². The lowest BCUT2D eigenvalue weighted by Crippen LogP contribution is -2.25. The van der Waals surface area contributed by atoms with E-state index < -0.39 is 0 Å². The highest BCUT2D eigenvalue weighted by Gasteiger charge is 2.31. The molecule has 2 saturated carbocycles. The summed E-state index contributed by atoms with van der Waals surface area (Å²) in [6, 6.07) is 11.3. The van der Waals surface area contributed by atoms with Gasteiger partial charge in [0.25, 0.3) is 0 Å². The second-order valence-electron chi connectivity index (χ2n) is 10.1. The third-order valence-electron chi connectivity index (χ3n) is 8.07. The van der Waals surface area contributed by atoms with Crippen LogP contribution in [0.1, 0.15) is 128 Å². The minimum Gasteiger partial charge on any atom is -0.0654 e. The largest absolute Gasteiger partial charge is 0.0654 e. The summed E-state index contributed by atoms with van der Waals surface area (Å²) in [5, 5.41) is 0. The highest BCUT2D eigenvalue weighted by molar-refractivity contribution is 5.19. The molecule has 0 N–H and O–H groups in total. The van der Waals surface area contributed by atoms with Crippen LogP contribution in [-0.4, -0.2) is 0 Å². The fourth-order valence-electron chi connectivity index (χ4n) is 6.16. The SMILES string of the molecule is CCCCCCCCCCC1CCC(C2CCC(c3ccccc3)CC2)CC1. The van der Waals surface area contributed by atoms with Gasteiger partial charge in [0.05, 0.1) is 0 Å². The molecule has 1 aromatic rings. The van der Waals surface area contributed by atoms with Crippen molar-refractivity contribution in [2.24, 2.45) is 17.8 Å². The smallest absolute Gasteiger partial charge is 0.0162 e. The molecule has 0 spiro atoms.